The van der Waals surface area contributed by atoms with Crippen LogP contribution in [0.3, 0.4) is 0 Å². The third-order valence-corrected chi connectivity index (χ3v) is 19.4. The molecule has 0 radical (unpaired) electrons. The molecular formula is C90H68N2. The number of hydrogen-bond donors (Lipinski definition) is 0. The van der Waals surface area contributed by atoms with E-state index in [1.165, 1.54) is 122 Å². The molecule has 0 bridgehead atoms. The molecule has 2 nitrogen and oxygen atoms in total. The van der Waals surface area contributed by atoms with Crippen molar-refractivity contribution >= 4 is 80.0 Å². The highest BCUT2D eigenvalue weighted by Gasteiger charge is 2.38. The Morgan fingerprint density at radius 2 is 0.457 bits per heavy atom. The molecule has 16 rings (SSSR count). The highest BCUT2D eigenvalue weighted by atomic mass is 15.1. The Bertz CT molecular complexity index is 4770. The van der Waals surface area contributed by atoms with Crippen LogP contribution in [0.1, 0.15) is 72.2 Å². The Labute approximate surface area is 540 Å². The van der Waals surface area contributed by atoms with Crippen LogP contribution in [0, 0.1) is 0 Å². The van der Waals surface area contributed by atoms with Gasteiger partial charge in [-0.1, -0.05) is 258 Å². The summed E-state index contributed by atoms with van der Waals surface area (Å²) in [6.07, 6.45) is 8.88. The van der Waals surface area contributed by atoms with E-state index in [1.54, 1.807) is 0 Å². The van der Waals surface area contributed by atoms with Gasteiger partial charge >= 0.3 is 0 Å². The summed E-state index contributed by atoms with van der Waals surface area (Å²) in [7, 11) is 0. The van der Waals surface area contributed by atoms with Crippen molar-refractivity contribution in [3.05, 3.63) is 360 Å². The van der Waals surface area contributed by atoms with Crippen LogP contribution < -0.4 is 9.80 Å². The Morgan fingerprint density at radius 3 is 0.772 bits per heavy atom. The molecule has 0 saturated carbocycles. The van der Waals surface area contributed by atoms with Crippen molar-refractivity contribution in [3.8, 4) is 55.6 Å². The smallest absolute Gasteiger partial charge is 0.0468 e. The van der Waals surface area contributed by atoms with Crippen LogP contribution in [-0.2, 0) is 10.8 Å². The molecule has 0 fully saturated rings. The minimum Gasteiger partial charge on any atom is -0.310 e. The molecule has 0 spiro atoms. The van der Waals surface area contributed by atoms with E-state index < -0.39 is 0 Å². The fourth-order valence-electron chi connectivity index (χ4n) is 14.3. The summed E-state index contributed by atoms with van der Waals surface area (Å²) >= 11 is 0. The maximum absolute atomic E-state index is 2.46. The van der Waals surface area contributed by atoms with Gasteiger partial charge in [-0.2, -0.15) is 0 Å². The van der Waals surface area contributed by atoms with Crippen LogP contribution in [0.15, 0.2) is 315 Å². The third-order valence-electron chi connectivity index (χ3n) is 19.4. The largest absolute Gasteiger partial charge is 0.310 e. The quantitative estimate of drug-likeness (QED) is 0.106. The topological polar surface area (TPSA) is 6.48 Å². The minimum atomic E-state index is -0.167. The van der Waals surface area contributed by atoms with Crippen LogP contribution in [0.5, 0.6) is 0 Å². The van der Waals surface area contributed by atoms with Gasteiger partial charge in [0.05, 0.1) is 0 Å². The zero-order valence-corrected chi connectivity index (χ0v) is 52.2. The van der Waals surface area contributed by atoms with Gasteiger partial charge in [0.25, 0.3) is 0 Å². The Hall–Kier alpha value is -11.3. The van der Waals surface area contributed by atoms with Crippen molar-refractivity contribution in [2.24, 2.45) is 0 Å². The van der Waals surface area contributed by atoms with Crippen molar-refractivity contribution in [2.75, 3.05) is 9.80 Å². The number of benzene rings is 14. The van der Waals surface area contributed by atoms with E-state index in [-0.39, 0.29) is 10.8 Å². The molecule has 2 heteroatoms. The highest BCUT2D eigenvalue weighted by Crippen LogP contribution is 2.53. The Kier molecular flexibility index (Phi) is 13.9. The van der Waals surface area contributed by atoms with Crippen molar-refractivity contribution in [1.29, 1.82) is 0 Å². The number of nitrogens with zero attached hydrogens (tertiary/aromatic N) is 2. The van der Waals surface area contributed by atoms with Crippen molar-refractivity contribution in [2.45, 2.75) is 38.5 Å². The molecule has 14 aromatic rings. The molecule has 0 saturated heterocycles. The maximum atomic E-state index is 2.46. The minimum absolute atomic E-state index is 0.167. The average Bonchev–Trinajstić information content (AvgIpc) is 1.58. The first kappa shape index (κ1) is 56.0. The van der Waals surface area contributed by atoms with E-state index in [2.05, 4.69) is 377 Å². The van der Waals surface area contributed by atoms with Crippen molar-refractivity contribution in [1.82, 2.24) is 0 Å². The molecule has 0 aromatic heterocycles. The lowest BCUT2D eigenvalue weighted by Crippen LogP contribution is -2.15. The van der Waals surface area contributed by atoms with Gasteiger partial charge in [0, 0.05) is 45.0 Å². The lowest BCUT2D eigenvalue weighted by atomic mass is 9.79. The molecule has 0 aliphatic heterocycles. The predicted molar refractivity (Wildman–Crippen MR) is 393 cm³/mol. The molecular weight excluding hydrogens is 1110 g/mol. The summed E-state index contributed by atoms with van der Waals surface area (Å²) in [6.45, 7) is 9.58. The molecule has 0 amide bonds. The number of fused-ring (bicyclic) bond motifs is 8. The Balaban J connectivity index is 0.585. The summed E-state index contributed by atoms with van der Waals surface area (Å²) in [4.78, 5) is 4.63. The first-order valence-corrected chi connectivity index (χ1v) is 32.1. The SMILES string of the molecule is CC1(C)c2cc(-c3ccc(C=Cc4ccc5cc(N(c6ccccc6)c6ccccc6)ccc5c4)cc3)ccc2-c2ccc(-c3ccc4c(c3)C(C)(C)c3cc(-c5ccc(C=Cc6ccc7cc(N(c8ccccc8)c8ccccc8)ccc7c6)cc5)ccc3-4)cc21. The molecule has 0 unspecified atom stereocenters. The summed E-state index contributed by atoms with van der Waals surface area (Å²) in [5.41, 5.74) is 29.4. The second-order valence-electron chi connectivity index (χ2n) is 25.8. The van der Waals surface area contributed by atoms with Crippen molar-refractivity contribution in [3.63, 3.8) is 0 Å². The van der Waals surface area contributed by atoms with Gasteiger partial charge in [0.1, 0.15) is 0 Å². The number of para-hydroxylation sites is 4. The third kappa shape index (κ3) is 10.3. The lowest BCUT2D eigenvalue weighted by molar-refractivity contribution is 0.660. The lowest BCUT2D eigenvalue weighted by Gasteiger charge is -2.25. The zero-order valence-electron chi connectivity index (χ0n) is 52.2. The summed E-state index contributed by atoms with van der Waals surface area (Å²) in [6, 6.07) is 116. The fourth-order valence-corrected chi connectivity index (χ4v) is 14.3. The second-order valence-corrected chi connectivity index (χ2v) is 25.8. The first-order chi connectivity index (χ1) is 45.1. The van der Waals surface area contributed by atoms with Crippen LogP contribution in [0.25, 0.3) is 101 Å². The Morgan fingerprint density at radius 1 is 0.207 bits per heavy atom. The molecule has 2 aliphatic carbocycles. The predicted octanol–water partition coefficient (Wildman–Crippen LogP) is 24.9. The van der Waals surface area contributed by atoms with E-state index in [9.17, 15) is 0 Å². The van der Waals surface area contributed by atoms with E-state index >= 15 is 0 Å². The standard InChI is InChI=1S/C90H68N2/c1-89(2)85-57-71(65-35-29-61(30-36-65)25-27-63-33-39-69-55-79(47-41-67(69)53-63)91(75-17-9-5-10-18-75)76-19-11-6-12-20-76)43-49-81(85)83-51-45-73(59-87(83)89)74-46-52-84-82-50-44-72(58-86(82)90(3,4)88(84)60-74)66-37-31-62(32-38-66)26-28-64-34-40-70-56-80(48-42-68(70)54-64)92(77-21-13-7-14-22-77)78-23-15-8-16-24-78/h5-60H,1-4H3. The molecule has 2 aliphatic rings. The summed E-state index contributed by atoms with van der Waals surface area (Å²) < 4.78 is 0. The van der Waals surface area contributed by atoms with E-state index in [1.807, 2.05) is 0 Å². The number of anilines is 6. The van der Waals surface area contributed by atoms with E-state index in [4.69, 9.17) is 0 Å². The average molecular weight is 1180 g/mol. The van der Waals surface area contributed by atoms with Gasteiger partial charge in [-0.15, -0.1) is 0 Å². The normalized spacial score (nSPS) is 13.3. The van der Waals surface area contributed by atoms with Gasteiger partial charge in [0.2, 0.25) is 0 Å². The molecule has 438 valence electrons. The summed E-state index contributed by atoms with van der Waals surface area (Å²) in [5.74, 6) is 0. The van der Waals surface area contributed by atoms with E-state index in [0.29, 0.717) is 0 Å². The molecule has 0 heterocycles. The van der Waals surface area contributed by atoms with Crippen LogP contribution in [0.4, 0.5) is 34.1 Å². The van der Waals surface area contributed by atoms with E-state index in [0.717, 1.165) is 34.1 Å². The van der Waals surface area contributed by atoms with Crippen LogP contribution in [-0.4, -0.2) is 0 Å². The molecule has 92 heavy (non-hydrogen) atoms. The van der Waals surface area contributed by atoms with Gasteiger partial charge in [-0.25, -0.2) is 0 Å². The molecule has 0 N–H and O–H groups in total. The van der Waals surface area contributed by atoms with Crippen LogP contribution >= 0.6 is 0 Å². The highest BCUT2D eigenvalue weighted by molar-refractivity contribution is 5.94. The first-order valence-electron chi connectivity index (χ1n) is 32.1. The molecule has 0 atom stereocenters. The van der Waals surface area contributed by atoms with Crippen molar-refractivity contribution < 1.29 is 0 Å². The summed E-state index contributed by atoms with van der Waals surface area (Å²) in [5, 5.41) is 4.85. The maximum Gasteiger partial charge on any atom is 0.0468 e. The van der Waals surface area contributed by atoms with Gasteiger partial charge < -0.3 is 9.80 Å². The zero-order chi connectivity index (χ0) is 61.9. The number of rotatable bonds is 13. The van der Waals surface area contributed by atoms with Gasteiger partial charge in [-0.05, 0) is 231 Å². The number of hydrogen-bond acceptors (Lipinski definition) is 2. The van der Waals surface area contributed by atoms with Gasteiger partial charge in [-0.3, -0.25) is 0 Å². The van der Waals surface area contributed by atoms with Crippen LogP contribution in [0.2, 0.25) is 0 Å². The van der Waals surface area contributed by atoms with Gasteiger partial charge in [0.15, 0.2) is 0 Å². The monoisotopic (exact) mass is 1180 g/mol. The second kappa shape index (κ2) is 22.9. The molecule has 14 aromatic carbocycles. The fraction of sp³-hybridized carbons (Fsp3) is 0.0667.